The molecule has 0 N–H and O–H groups in total. The number of rotatable bonds is 5. The minimum Gasteiger partial charge on any atom is -0.501 e. The molecule has 0 aliphatic carbocycles. The maximum Gasteiger partial charge on any atom is 0.0849 e. The molecule has 1 atom stereocenters. The summed E-state index contributed by atoms with van der Waals surface area (Å²) in [5.74, 6) is 2.13. The van der Waals surface area contributed by atoms with Crippen LogP contribution in [0.15, 0.2) is 42.4 Å². The second-order valence-electron chi connectivity index (χ2n) is 3.27. The molecule has 3 heteroatoms. The normalized spacial score (nSPS) is 13.3. The molecule has 1 aromatic carbocycles. The Morgan fingerprint density at radius 2 is 1.93 bits per heavy atom. The number of benzene rings is 1. The highest BCUT2D eigenvalue weighted by Gasteiger charge is 2.09. The number of nitrogens with zero attached hydrogens (tertiary/aromatic N) is 1. The molecule has 0 aromatic heterocycles. The summed E-state index contributed by atoms with van der Waals surface area (Å²) in [6.07, 6.45) is 1.80. The third-order valence-corrected chi connectivity index (χ3v) is 4.01. The number of ether oxygens (including phenoxy) is 1. The zero-order chi connectivity index (χ0) is 11.1. The van der Waals surface area contributed by atoms with Crippen LogP contribution in [0.5, 0.6) is 0 Å². The highest BCUT2D eigenvalue weighted by molar-refractivity contribution is 7.66. The van der Waals surface area contributed by atoms with E-state index in [4.69, 9.17) is 4.74 Å². The molecule has 0 fully saturated rings. The van der Waals surface area contributed by atoms with Gasteiger partial charge in [0.05, 0.1) is 12.9 Å². The van der Waals surface area contributed by atoms with Crippen molar-refractivity contribution in [2.45, 2.75) is 6.92 Å². The summed E-state index contributed by atoms with van der Waals surface area (Å²) in [4.78, 5) is 0. The topological polar surface area (TPSA) is 12.5 Å². The lowest BCUT2D eigenvalue weighted by atomic mass is 10.4. The van der Waals surface area contributed by atoms with Crippen LogP contribution in [-0.2, 0) is 4.74 Å². The van der Waals surface area contributed by atoms with E-state index in [0.29, 0.717) is 0 Å². The minimum atomic E-state index is -0.399. The van der Waals surface area contributed by atoms with Crippen molar-refractivity contribution in [2.75, 3.05) is 20.7 Å². The Labute approximate surface area is 93.4 Å². The van der Waals surface area contributed by atoms with Crippen LogP contribution in [0.25, 0.3) is 0 Å². The summed E-state index contributed by atoms with van der Waals surface area (Å²) in [5, 5.41) is 1.34. The third kappa shape index (κ3) is 4.03. The fourth-order valence-corrected chi connectivity index (χ4v) is 2.81. The average molecular weight is 223 g/mol. The summed E-state index contributed by atoms with van der Waals surface area (Å²) in [6.45, 7) is 2.71. The van der Waals surface area contributed by atoms with Gasteiger partial charge in [-0.3, -0.25) is 4.67 Å². The van der Waals surface area contributed by atoms with Crippen molar-refractivity contribution in [2.24, 2.45) is 0 Å². The van der Waals surface area contributed by atoms with Gasteiger partial charge in [0.25, 0.3) is 0 Å². The molecule has 82 valence electrons. The molecule has 0 aliphatic rings. The van der Waals surface area contributed by atoms with Crippen LogP contribution in [-0.4, -0.2) is 25.4 Å². The van der Waals surface area contributed by atoms with Gasteiger partial charge in [-0.05, 0) is 32.1 Å². The van der Waals surface area contributed by atoms with E-state index in [1.807, 2.05) is 13.0 Å². The first-order valence-corrected chi connectivity index (χ1v) is 6.42. The van der Waals surface area contributed by atoms with Crippen molar-refractivity contribution in [3.05, 3.63) is 42.4 Å². The van der Waals surface area contributed by atoms with Crippen LogP contribution in [0, 0.1) is 0 Å². The van der Waals surface area contributed by atoms with Crippen molar-refractivity contribution in [3.8, 4) is 0 Å². The minimum absolute atomic E-state index is 0.399. The second-order valence-corrected chi connectivity index (χ2v) is 5.57. The number of hydrogen-bond donors (Lipinski definition) is 0. The first kappa shape index (κ1) is 12.2. The second kappa shape index (κ2) is 6.60. The molecule has 2 nitrogen and oxygen atoms in total. The Balaban J connectivity index is 2.75. The molecule has 1 aromatic rings. The van der Waals surface area contributed by atoms with Crippen molar-refractivity contribution in [1.29, 1.82) is 0 Å². The zero-order valence-electron chi connectivity index (χ0n) is 9.55. The highest BCUT2D eigenvalue weighted by Crippen LogP contribution is 2.37. The predicted octanol–water partition coefficient (Wildman–Crippen LogP) is 2.78. The zero-order valence-corrected chi connectivity index (χ0v) is 10.4. The lowest BCUT2D eigenvalue weighted by Gasteiger charge is -2.20. The van der Waals surface area contributed by atoms with Crippen LogP contribution < -0.4 is 5.30 Å². The van der Waals surface area contributed by atoms with Gasteiger partial charge < -0.3 is 4.74 Å². The number of hydrogen-bond acceptors (Lipinski definition) is 2. The SMILES string of the molecule is CCO/C=C/P(c1ccccc1)N(C)C. The Morgan fingerprint density at radius 3 is 2.47 bits per heavy atom. The molecule has 0 bridgehead atoms. The van der Waals surface area contributed by atoms with E-state index >= 15 is 0 Å². The Bertz CT molecular complexity index is 298. The van der Waals surface area contributed by atoms with Gasteiger partial charge in [-0.1, -0.05) is 30.3 Å². The molecular weight excluding hydrogens is 205 g/mol. The molecule has 0 saturated heterocycles. The molecule has 0 radical (unpaired) electrons. The molecule has 15 heavy (non-hydrogen) atoms. The molecule has 0 amide bonds. The molecule has 1 unspecified atom stereocenters. The lowest BCUT2D eigenvalue weighted by molar-refractivity contribution is 0.270. The van der Waals surface area contributed by atoms with Gasteiger partial charge in [0.15, 0.2) is 0 Å². The molecule has 0 saturated carbocycles. The van der Waals surface area contributed by atoms with Crippen LogP contribution >= 0.6 is 8.07 Å². The first-order valence-electron chi connectivity index (χ1n) is 5.05. The smallest absolute Gasteiger partial charge is 0.0849 e. The van der Waals surface area contributed by atoms with E-state index < -0.39 is 8.07 Å². The molecule has 0 spiro atoms. The Hall–Kier alpha value is -0.850. The van der Waals surface area contributed by atoms with Gasteiger partial charge in [0.2, 0.25) is 0 Å². The van der Waals surface area contributed by atoms with Crippen molar-refractivity contribution in [3.63, 3.8) is 0 Å². The van der Waals surface area contributed by atoms with Crippen LogP contribution in [0.3, 0.4) is 0 Å². The van der Waals surface area contributed by atoms with Crippen molar-refractivity contribution < 1.29 is 4.74 Å². The fourth-order valence-electron chi connectivity index (χ4n) is 1.23. The summed E-state index contributed by atoms with van der Waals surface area (Å²) in [5.41, 5.74) is 0. The van der Waals surface area contributed by atoms with Crippen molar-refractivity contribution >= 4 is 13.4 Å². The van der Waals surface area contributed by atoms with E-state index in [1.54, 1.807) is 6.26 Å². The van der Waals surface area contributed by atoms with E-state index in [0.717, 1.165) is 6.61 Å². The average Bonchev–Trinajstić information content (AvgIpc) is 2.25. The standard InChI is InChI=1S/C12H18NOP/c1-4-14-10-11-15(13(2)3)12-8-6-5-7-9-12/h5-11H,4H2,1-3H3/b11-10+. The van der Waals surface area contributed by atoms with Crippen molar-refractivity contribution in [1.82, 2.24) is 4.67 Å². The van der Waals surface area contributed by atoms with Gasteiger partial charge >= 0.3 is 0 Å². The summed E-state index contributed by atoms with van der Waals surface area (Å²) >= 11 is 0. The highest BCUT2D eigenvalue weighted by atomic mass is 31.1. The first-order chi connectivity index (χ1) is 7.25. The predicted molar refractivity (Wildman–Crippen MR) is 67.4 cm³/mol. The van der Waals surface area contributed by atoms with Gasteiger partial charge in [-0.15, -0.1) is 0 Å². The quantitative estimate of drug-likeness (QED) is 0.562. The van der Waals surface area contributed by atoms with E-state index in [-0.39, 0.29) is 0 Å². The van der Waals surface area contributed by atoms with E-state index in [1.165, 1.54) is 5.30 Å². The van der Waals surface area contributed by atoms with Gasteiger partial charge in [0, 0.05) is 8.07 Å². The summed E-state index contributed by atoms with van der Waals surface area (Å²) in [7, 11) is 3.79. The Morgan fingerprint density at radius 1 is 1.27 bits per heavy atom. The lowest BCUT2D eigenvalue weighted by Crippen LogP contribution is -2.12. The molecule has 0 aliphatic heterocycles. The third-order valence-electron chi connectivity index (χ3n) is 1.92. The van der Waals surface area contributed by atoms with Gasteiger partial charge in [-0.25, -0.2) is 0 Å². The van der Waals surface area contributed by atoms with Crippen LogP contribution in [0.4, 0.5) is 0 Å². The molecular formula is C12H18NOP. The van der Waals surface area contributed by atoms with Gasteiger partial charge in [-0.2, -0.15) is 0 Å². The summed E-state index contributed by atoms with van der Waals surface area (Å²) in [6, 6.07) is 10.5. The molecule has 0 heterocycles. The summed E-state index contributed by atoms with van der Waals surface area (Å²) < 4.78 is 7.47. The molecule has 1 rings (SSSR count). The largest absolute Gasteiger partial charge is 0.501 e. The Kier molecular flexibility index (Phi) is 5.38. The van der Waals surface area contributed by atoms with Crippen LogP contribution in [0.1, 0.15) is 6.92 Å². The van der Waals surface area contributed by atoms with Crippen LogP contribution in [0.2, 0.25) is 0 Å². The van der Waals surface area contributed by atoms with Gasteiger partial charge in [0.1, 0.15) is 0 Å². The fraction of sp³-hybridized carbons (Fsp3) is 0.333. The van der Waals surface area contributed by atoms with E-state index in [2.05, 4.69) is 48.8 Å². The maximum atomic E-state index is 5.24. The maximum absolute atomic E-state index is 5.24. The monoisotopic (exact) mass is 223 g/mol. The van der Waals surface area contributed by atoms with E-state index in [9.17, 15) is 0 Å².